The third kappa shape index (κ3) is 6.28. The molecule has 0 spiro atoms. The molecule has 148 valence electrons. The summed E-state index contributed by atoms with van der Waals surface area (Å²) in [5.41, 5.74) is 5.93. The molecule has 0 aliphatic heterocycles. The number of nitrogens with zero attached hydrogens (tertiary/aromatic N) is 3. The monoisotopic (exact) mass is 395 g/mol. The van der Waals surface area contributed by atoms with E-state index in [1.54, 1.807) is 16.9 Å². The van der Waals surface area contributed by atoms with Crippen LogP contribution < -0.4 is 15.6 Å². The van der Waals surface area contributed by atoms with E-state index in [-0.39, 0.29) is 5.75 Å². The minimum Gasteiger partial charge on any atom is -0.481 e. The normalized spacial score (nSPS) is 10.7. The number of nitrogens with one attached hydrogen (secondary N) is 2. The Hall–Kier alpha value is -4.01. The van der Waals surface area contributed by atoms with Crippen LogP contribution in [-0.4, -0.2) is 33.4 Å². The van der Waals surface area contributed by atoms with Crippen LogP contribution in [0.4, 0.5) is 4.39 Å². The third-order valence-corrected chi connectivity index (χ3v) is 3.67. The molecule has 0 aliphatic rings. The molecule has 2 N–H and O–H groups in total. The van der Waals surface area contributed by atoms with Crippen LogP contribution >= 0.6 is 0 Å². The first-order valence-electron chi connectivity index (χ1n) is 8.68. The molecule has 0 saturated carbocycles. The first-order chi connectivity index (χ1) is 14.1. The fourth-order valence-corrected chi connectivity index (χ4v) is 2.31. The zero-order valence-corrected chi connectivity index (χ0v) is 15.3. The zero-order valence-electron chi connectivity index (χ0n) is 15.3. The lowest BCUT2D eigenvalue weighted by molar-refractivity contribution is -0.128. The lowest BCUT2D eigenvalue weighted by atomic mass is 10.2. The minimum atomic E-state index is -0.635. The van der Waals surface area contributed by atoms with E-state index in [1.165, 1.54) is 30.4 Å². The summed E-state index contributed by atoms with van der Waals surface area (Å²) in [5.74, 6) is -1.83. The predicted molar refractivity (Wildman–Crippen MR) is 103 cm³/mol. The fourth-order valence-electron chi connectivity index (χ4n) is 2.31. The molecule has 1 heterocycles. The van der Waals surface area contributed by atoms with Gasteiger partial charge in [-0.2, -0.15) is 0 Å². The Morgan fingerprint density at radius 2 is 1.83 bits per heavy atom. The Balaban J connectivity index is 1.41. The van der Waals surface area contributed by atoms with E-state index in [1.807, 2.05) is 30.3 Å². The van der Waals surface area contributed by atoms with Crippen molar-refractivity contribution in [1.82, 2.24) is 25.8 Å². The molecule has 9 heteroatoms. The smallest absolute Gasteiger partial charge is 0.276 e. The van der Waals surface area contributed by atoms with Gasteiger partial charge in [0, 0.05) is 6.08 Å². The summed E-state index contributed by atoms with van der Waals surface area (Å²) >= 11 is 0. The molecular formula is C20H18FN5O3. The van der Waals surface area contributed by atoms with Crippen LogP contribution in [0.3, 0.4) is 0 Å². The van der Waals surface area contributed by atoms with Crippen LogP contribution in [0.15, 0.2) is 66.9 Å². The van der Waals surface area contributed by atoms with E-state index >= 15 is 0 Å². The molecule has 8 nitrogen and oxygen atoms in total. The summed E-state index contributed by atoms with van der Waals surface area (Å²) in [7, 11) is 0. The van der Waals surface area contributed by atoms with Crippen molar-refractivity contribution in [2.45, 2.75) is 6.54 Å². The summed E-state index contributed by atoms with van der Waals surface area (Å²) in [5, 5.41) is 7.94. The van der Waals surface area contributed by atoms with E-state index in [4.69, 9.17) is 4.74 Å². The van der Waals surface area contributed by atoms with Gasteiger partial charge in [0.15, 0.2) is 18.2 Å². The molecule has 0 bridgehead atoms. The van der Waals surface area contributed by atoms with Gasteiger partial charge < -0.3 is 4.74 Å². The minimum absolute atomic E-state index is 0.0486. The SMILES string of the molecule is O=C(/C=C/c1cn(Cc2ccccc2)nn1)NNC(=O)COc1ccccc1F. The van der Waals surface area contributed by atoms with Gasteiger partial charge in [-0.05, 0) is 23.8 Å². The summed E-state index contributed by atoms with van der Waals surface area (Å²) in [6.07, 6.45) is 4.36. The van der Waals surface area contributed by atoms with Crippen molar-refractivity contribution < 1.29 is 18.7 Å². The van der Waals surface area contributed by atoms with Crippen molar-refractivity contribution in [2.24, 2.45) is 0 Å². The van der Waals surface area contributed by atoms with E-state index in [0.29, 0.717) is 12.2 Å². The Morgan fingerprint density at radius 3 is 2.62 bits per heavy atom. The number of ether oxygens (including phenoxy) is 1. The van der Waals surface area contributed by atoms with Crippen LogP contribution in [0.25, 0.3) is 6.08 Å². The molecule has 0 saturated heterocycles. The van der Waals surface area contributed by atoms with Gasteiger partial charge in [0.05, 0.1) is 12.7 Å². The van der Waals surface area contributed by atoms with Gasteiger partial charge >= 0.3 is 0 Å². The van der Waals surface area contributed by atoms with Crippen molar-refractivity contribution >= 4 is 17.9 Å². The van der Waals surface area contributed by atoms with Crippen LogP contribution in [0, 0.1) is 5.82 Å². The number of carbonyl (C=O) groups is 2. The number of halogens is 1. The maximum Gasteiger partial charge on any atom is 0.276 e. The lowest BCUT2D eigenvalue weighted by Gasteiger charge is -2.07. The van der Waals surface area contributed by atoms with E-state index in [2.05, 4.69) is 21.2 Å². The second kappa shape index (κ2) is 9.79. The molecule has 3 rings (SSSR count). The van der Waals surface area contributed by atoms with Gasteiger partial charge in [-0.15, -0.1) is 5.10 Å². The summed E-state index contributed by atoms with van der Waals surface area (Å²) in [4.78, 5) is 23.4. The van der Waals surface area contributed by atoms with Gasteiger partial charge in [0.2, 0.25) is 0 Å². The number of benzene rings is 2. The lowest BCUT2D eigenvalue weighted by Crippen LogP contribution is -2.43. The van der Waals surface area contributed by atoms with Crippen molar-refractivity contribution in [1.29, 1.82) is 0 Å². The first kappa shape index (κ1) is 19.7. The summed E-state index contributed by atoms with van der Waals surface area (Å²) in [6.45, 7) is 0.116. The number of hydrazine groups is 1. The Bertz CT molecular complexity index is 1000. The van der Waals surface area contributed by atoms with Crippen molar-refractivity contribution in [3.05, 3.63) is 83.9 Å². The van der Waals surface area contributed by atoms with Crippen LogP contribution in [-0.2, 0) is 16.1 Å². The molecule has 2 amide bonds. The van der Waals surface area contributed by atoms with Gasteiger partial charge in [-0.3, -0.25) is 20.4 Å². The molecule has 0 unspecified atom stereocenters. The number of para-hydroxylation sites is 1. The molecule has 0 fully saturated rings. The van der Waals surface area contributed by atoms with Gasteiger partial charge in [0.1, 0.15) is 5.69 Å². The summed E-state index contributed by atoms with van der Waals surface area (Å²) < 4.78 is 20.1. The quantitative estimate of drug-likeness (QED) is 0.469. The van der Waals surface area contributed by atoms with Crippen molar-refractivity contribution in [3.8, 4) is 5.75 Å². The number of amides is 2. The average molecular weight is 395 g/mol. The topological polar surface area (TPSA) is 98.1 Å². The van der Waals surface area contributed by atoms with Crippen LogP contribution in [0.2, 0.25) is 0 Å². The Labute approximate surface area is 166 Å². The Kier molecular flexibility index (Phi) is 6.66. The highest BCUT2D eigenvalue weighted by Crippen LogP contribution is 2.14. The van der Waals surface area contributed by atoms with Crippen LogP contribution in [0.5, 0.6) is 5.75 Å². The second-order valence-corrected chi connectivity index (χ2v) is 5.92. The summed E-state index contributed by atoms with van der Waals surface area (Å²) in [6, 6.07) is 15.5. The highest BCUT2D eigenvalue weighted by molar-refractivity contribution is 5.92. The third-order valence-electron chi connectivity index (χ3n) is 3.67. The number of hydrogen-bond donors (Lipinski definition) is 2. The number of rotatable bonds is 7. The fraction of sp³-hybridized carbons (Fsp3) is 0.100. The van der Waals surface area contributed by atoms with Gasteiger partial charge in [0.25, 0.3) is 11.8 Å². The van der Waals surface area contributed by atoms with E-state index in [9.17, 15) is 14.0 Å². The molecule has 0 atom stereocenters. The highest BCUT2D eigenvalue weighted by atomic mass is 19.1. The maximum absolute atomic E-state index is 13.4. The number of hydrogen-bond acceptors (Lipinski definition) is 5. The van der Waals surface area contributed by atoms with Gasteiger partial charge in [-0.1, -0.05) is 47.7 Å². The number of carbonyl (C=O) groups excluding carboxylic acids is 2. The maximum atomic E-state index is 13.4. The molecule has 0 aliphatic carbocycles. The van der Waals surface area contributed by atoms with Crippen molar-refractivity contribution in [3.63, 3.8) is 0 Å². The molecule has 0 radical (unpaired) electrons. The van der Waals surface area contributed by atoms with Crippen LogP contribution in [0.1, 0.15) is 11.3 Å². The molecule has 2 aromatic carbocycles. The first-order valence-corrected chi connectivity index (χ1v) is 8.68. The molecule has 29 heavy (non-hydrogen) atoms. The Morgan fingerprint density at radius 1 is 1.07 bits per heavy atom. The largest absolute Gasteiger partial charge is 0.481 e. The second-order valence-electron chi connectivity index (χ2n) is 5.92. The van der Waals surface area contributed by atoms with Gasteiger partial charge in [-0.25, -0.2) is 9.07 Å². The molecular weight excluding hydrogens is 377 g/mol. The molecule has 3 aromatic rings. The number of aromatic nitrogens is 3. The zero-order chi connectivity index (χ0) is 20.5. The van der Waals surface area contributed by atoms with Crippen molar-refractivity contribution in [2.75, 3.05) is 6.61 Å². The highest BCUT2D eigenvalue weighted by Gasteiger charge is 2.07. The average Bonchev–Trinajstić information content (AvgIpc) is 3.18. The van der Waals surface area contributed by atoms with E-state index in [0.717, 1.165) is 5.56 Å². The van der Waals surface area contributed by atoms with E-state index < -0.39 is 24.2 Å². The standard InChI is InChI=1S/C20H18FN5O3/c21-17-8-4-5-9-18(17)29-14-20(28)24-23-19(27)11-10-16-13-26(25-22-16)12-15-6-2-1-3-7-15/h1-11,13H,12,14H2,(H,23,27)(H,24,28)/b11-10+. The predicted octanol–water partition coefficient (Wildman–Crippen LogP) is 1.71. The molecule has 1 aromatic heterocycles.